The summed E-state index contributed by atoms with van der Waals surface area (Å²) in [7, 11) is 0. The van der Waals surface area contributed by atoms with Crippen molar-refractivity contribution in [2.75, 3.05) is 6.61 Å². The van der Waals surface area contributed by atoms with Gasteiger partial charge in [0, 0.05) is 17.9 Å². The Morgan fingerprint density at radius 1 is 0.780 bits per heavy atom. The molecule has 0 bridgehead atoms. The van der Waals surface area contributed by atoms with E-state index in [2.05, 4.69) is 12.7 Å². The monoisotopic (exact) mass is 580 g/mol. The molecule has 8 heteroatoms. The average Bonchev–Trinajstić information content (AvgIpc) is 2.97. The number of rotatable bonds is 11. The summed E-state index contributed by atoms with van der Waals surface area (Å²) in [4.78, 5) is 0. The number of halogens is 6. The van der Waals surface area contributed by atoms with Crippen molar-refractivity contribution in [1.82, 2.24) is 0 Å². The third kappa shape index (κ3) is 7.49. The van der Waals surface area contributed by atoms with Gasteiger partial charge in [-0.1, -0.05) is 30.4 Å². The van der Waals surface area contributed by atoms with Gasteiger partial charge in [-0.25, -0.2) is 17.6 Å². The highest BCUT2D eigenvalue weighted by Gasteiger charge is 2.40. The molecular formula is C33H38F6O2. The topological polar surface area (TPSA) is 18.5 Å². The molecule has 41 heavy (non-hydrogen) atoms. The van der Waals surface area contributed by atoms with E-state index in [0.29, 0.717) is 37.2 Å². The van der Waals surface area contributed by atoms with E-state index in [1.165, 1.54) is 12.1 Å². The molecule has 4 rings (SSSR count). The van der Waals surface area contributed by atoms with E-state index < -0.39 is 66.2 Å². The molecule has 2 nitrogen and oxygen atoms in total. The maximum atomic E-state index is 14.9. The Morgan fingerprint density at radius 3 is 2.00 bits per heavy atom. The van der Waals surface area contributed by atoms with Gasteiger partial charge in [-0.05, 0) is 93.7 Å². The molecule has 2 aromatic carbocycles. The second kappa shape index (κ2) is 13.8. The van der Waals surface area contributed by atoms with E-state index in [1.54, 1.807) is 6.08 Å². The van der Waals surface area contributed by atoms with Gasteiger partial charge < -0.3 is 9.47 Å². The predicted octanol–water partition coefficient (Wildman–Crippen LogP) is 10.1. The second-order valence-electron chi connectivity index (χ2n) is 11.3. The molecule has 0 spiro atoms. The highest BCUT2D eigenvalue weighted by atomic mass is 19.3. The molecule has 0 atom stereocenters. The Kier molecular flexibility index (Phi) is 10.5. The fourth-order valence-corrected chi connectivity index (χ4v) is 6.10. The van der Waals surface area contributed by atoms with Gasteiger partial charge in [0.2, 0.25) is 11.6 Å². The molecule has 224 valence electrons. The summed E-state index contributed by atoms with van der Waals surface area (Å²) in [5, 5.41) is 0. The highest BCUT2D eigenvalue weighted by Crippen LogP contribution is 2.41. The lowest BCUT2D eigenvalue weighted by molar-refractivity contribution is -0.0865. The van der Waals surface area contributed by atoms with Crippen LogP contribution >= 0.6 is 0 Å². The van der Waals surface area contributed by atoms with Gasteiger partial charge in [-0.15, -0.1) is 6.58 Å². The number of alkyl halides is 2. The Bertz CT molecular complexity index is 1210. The molecular weight excluding hydrogens is 542 g/mol. The van der Waals surface area contributed by atoms with Crippen LogP contribution in [0.3, 0.4) is 0 Å². The minimum atomic E-state index is -2.98. The molecule has 2 aromatic rings. The summed E-state index contributed by atoms with van der Waals surface area (Å²) >= 11 is 0. The van der Waals surface area contributed by atoms with Crippen LogP contribution in [0.25, 0.3) is 0 Å². The standard InChI is InChI=1S/C33H38F6O2/c1-3-5-22-6-10-23(11-7-22)26-15-12-24(29(34)30(26)35)20-41-28-17-16-27(31(36)32(28)37)40-19-18-33(38,39)25-13-8-21(4-2)9-14-25/h3-5,12,15-17,21-23,25H,2,6-11,13-14,18-20H2,1H3/b5-3+. The lowest BCUT2D eigenvalue weighted by atomic mass is 9.78. The van der Waals surface area contributed by atoms with E-state index in [4.69, 9.17) is 9.47 Å². The van der Waals surface area contributed by atoms with E-state index >= 15 is 0 Å². The second-order valence-corrected chi connectivity index (χ2v) is 11.3. The summed E-state index contributed by atoms with van der Waals surface area (Å²) in [5.41, 5.74) is 0.192. The lowest BCUT2D eigenvalue weighted by Crippen LogP contribution is -2.33. The Balaban J connectivity index is 1.32. The first-order valence-corrected chi connectivity index (χ1v) is 14.5. The summed E-state index contributed by atoms with van der Waals surface area (Å²) in [5.74, 6) is -8.98. The minimum Gasteiger partial charge on any atom is -0.490 e. The molecule has 0 radical (unpaired) electrons. The molecule has 2 aliphatic rings. The quantitative estimate of drug-likeness (QED) is 0.195. The molecule has 0 unspecified atom stereocenters. The van der Waals surface area contributed by atoms with Crippen LogP contribution in [0, 0.1) is 41.0 Å². The van der Waals surface area contributed by atoms with Gasteiger partial charge in [0.25, 0.3) is 5.92 Å². The molecule has 0 aliphatic heterocycles. The normalized spacial score (nSPS) is 23.5. The first kappa shape index (κ1) is 31.0. The zero-order valence-electron chi connectivity index (χ0n) is 23.4. The Labute approximate surface area is 238 Å². The molecule has 0 amide bonds. The van der Waals surface area contributed by atoms with E-state index in [0.717, 1.165) is 37.8 Å². The molecule has 2 saturated carbocycles. The van der Waals surface area contributed by atoms with Gasteiger partial charge in [0.1, 0.15) is 6.61 Å². The zero-order chi connectivity index (χ0) is 29.6. The SMILES string of the molecule is C=CC1CCC(C(F)(F)CCOc2ccc(OCc3ccc(C4CCC(/C=C/C)CC4)c(F)c3F)c(F)c2F)CC1. The van der Waals surface area contributed by atoms with Crippen molar-refractivity contribution in [3.05, 3.63) is 83.5 Å². The summed E-state index contributed by atoms with van der Waals surface area (Å²) in [6, 6.07) is 5.09. The summed E-state index contributed by atoms with van der Waals surface area (Å²) in [6.45, 7) is 4.68. The van der Waals surface area contributed by atoms with Crippen molar-refractivity contribution in [2.24, 2.45) is 17.8 Å². The summed E-state index contributed by atoms with van der Waals surface area (Å²) < 4.78 is 98.7. The molecule has 2 aliphatic carbocycles. The third-order valence-electron chi connectivity index (χ3n) is 8.66. The van der Waals surface area contributed by atoms with Crippen LogP contribution in [0.1, 0.15) is 81.8 Å². The smallest absolute Gasteiger partial charge is 0.254 e. The van der Waals surface area contributed by atoms with Crippen molar-refractivity contribution < 1.29 is 35.8 Å². The van der Waals surface area contributed by atoms with E-state index in [1.807, 2.05) is 13.0 Å². The average molecular weight is 581 g/mol. The number of hydrogen-bond donors (Lipinski definition) is 0. The van der Waals surface area contributed by atoms with Crippen LogP contribution in [0.2, 0.25) is 0 Å². The van der Waals surface area contributed by atoms with Crippen molar-refractivity contribution in [3.63, 3.8) is 0 Å². The van der Waals surface area contributed by atoms with Crippen LogP contribution in [-0.2, 0) is 6.61 Å². The van der Waals surface area contributed by atoms with Gasteiger partial charge in [-0.2, -0.15) is 8.78 Å². The third-order valence-corrected chi connectivity index (χ3v) is 8.66. The molecule has 2 fully saturated rings. The van der Waals surface area contributed by atoms with Crippen LogP contribution < -0.4 is 9.47 Å². The lowest BCUT2D eigenvalue weighted by Gasteiger charge is -2.32. The minimum absolute atomic E-state index is 0.0766. The Morgan fingerprint density at radius 2 is 1.39 bits per heavy atom. The number of benzene rings is 2. The molecule has 0 aromatic heterocycles. The van der Waals surface area contributed by atoms with Gasteiger partial charge >= 0.3 is 0 Å². The van der Waals surface area contributed by atoms with Crippen molar-refractivity contribution >= 4 is 0 Å². The van der Waals surface area contributed by atoms with Crippen molar-refractivity contribution in [3.8, 4) is 11.5 Å². The fraction of sp³-hybridized carbons (Fsp3) is 0.515. The van der Waals surface area contributed by atoms with Gasteiger partial charge in [0.05, 0.1) is 6.61 Å². The molecule has 0 N–H and O–H groups in total. The van der Waals surface area contributed by atoms with Crippen LogP contribution in [-0.4, -0.2) is 12.5 Å². The maximum absolute atomic E-state index is 14.9. The first-order valence-electron chi connectivity index (χ1n) is 14.5. The number of allylic oxidation sites excluding steroid dienone is 3. The largest absolute Gasteiger partial charge is 0.490 e. The van der Waals surface area contributed by atoms with Crippen LogP contribution in [0.5, 0.6) is 11.5 Å². The van der Waals surface area contributed by atoms with Crippen LogP contribution in [0.4, 0.5) is 26.3 Å². The molecule has 0 heterocycles. The maximum Gasteiger partial charge on any atom is 0.254 e. The predicted molar refractivity (Wildman–Crippen MR) is 147 cm³/mol. The van der Waals surface area contributed by atoms with E-state index in [-0.39, 0.29) is 17.4 Å². The first-order chi connectivity index (χ1) is 19.6. The van der Waals surface area contributed by atoms with Crippen molar-refractivity contribution in [2.45, 2.75) is 83.2 Å². The van der Waals surface area contributed by atoms with Crippen LogP contribution in [0.15, 0.2) is 49.1 Å². The van der Waals surface area contributed by atoms with E-state index in [9.17, 15) is 26.3 Å². The van der Waals surface area contributed by atoms with Gasteiger partial charge in [-0.3, -0.25) is 0 Å². The summed E-state index contributed by atoms with van der Waals surface area (Å²) in [6.07, 6.45) is 10.7. The van der Waals surface area contributed by atoms with Crippen molar-refractivity contribution in [1.29, 1.82) is 0 Å². The molecule has 0 saturated heterocycles. The fourth-order valence-electron chi connectivity index (χ4n) is 6.10. The number of hydrogen-bond acceptors (Lipinski definition) is 2. The zero-order valence-corrected chi connectivity index (χ0v) is 23.4. The highest BCUT2D eigenvalue weighted by molar-refractivity contribution is 5.36. The Hall–Kier alpha value is -2.90. The number of ether oxygens (including phenoxy) is 2. The van der Waals surface area contributed by atoms with Gasteiger partial charge in [0.15, 0.2) is 23.1 Å².